The van der Waals surface area contributed by atoms with Crippen LogP contribution in [-0.2, 0) is 4.74 Å². The first-order valence-corrected chi connectivity index (χ1v) is 8.52. The Labute approximate surface area is 139 Å². The van der Waals surface area contributed by atoms with Crippen LogP contribution in [0.15, 0.2) is 24.3 Å². The van der Waals surface area contributed by atoms with Crippen LogP contribution in [0.5, 0.6) is 0 Å². The van der Waals surface area contributed by atoms with Crippen LogP contribution in [0.4, 0.5) is 16.2 Å². The number of carbonyl (C=O) groups excluding carboxylic acids is 1. The zero-order valence-corrected chi connectivity index (χ0v) is 14.7. The van der Waals surface area contributed by atoms with Gasteiger partial charge in [-0.25, -0.2) is 4.79 Å². The molecule has 0 atom stereocenters. The molecule has 0 bridgehead atoms. The topological polar surface area (TPSA) is 44.8 Å². The largest absolute Gasteiger partial charge is 0.446 e. The summed E-state index contributed by atoms with van der Waals surface area (Å²) in [6.07, 6.45) is -0.389. The quantitative estimate of drug-likeness (QED) is 0.906. The van der Waals surface area contributed by atoms with Gasteiger partial charge in [-0.1, -0.05) is 26.0 Å². The van der Waals surface area contributed by atoms with Crippen LogP contribution in [0, 0.1) is 5.92 Å². The summed E-state index contributed by atoms with van der Waals surface area (Å²) in [5.41, 5.74) is 2.05. The Morgan fingerprint density at radius 2 is 1.87 bits per heavy atom. The van der Waals surface area contributed by atoms with E-state index in [0.717, 1.165) is 37.6 Å². The Balaban J connectivity index is 2.31. The summed E-state index contributed by atoms with van der Waals surface area (Å²) in [6, 6.07) is 8.12. The van der Waals surface area contributed by atoms with Gasteiger partial charge in [0.2, 0.25) is 0 Å². The average Bonchev–Trinajstić information content (AvgIpc) is 2.52. The van der Waals surface area contributed by atoms with E-state index >= 15 is 0 Å². The standard InChI is InChI=1S/C18H29N3O2/c1-14(2)13-21(18(22)23-15(3)4)17-8-6-5-7-16(17)20-11-9-19-10-12-20/h5-8,14-15,19H,9-13H2,1-4H3. The lowest BCUT2D eigenvalue weighted by atomic mass is 10.1. The van der Waals surface area contributed by atoms with Crippen molar-refractivity contribution in [3.05, 3.63) is 24.3 Å². The molecule has 1 aromatic carbocycles. The molecule has 1 fully saturated rings. The third-order valence-electron chi connectivity index (χ3n) is 3.73. The summed E-state index contributed by atoms with van der Waals surface area (Å²) in [7, 11) is 0. The van der Waals surface area contributed by atoms with Crippen LogP contribution >= 0.6 is 0 Å². The number of anilines is 2. The molecular weight excluding hydrogens is 290 g/mol. The molecule has 1 aliphatic rings. The van der Waals surface area contributed by atoms with Crippen molar-refractivity contribution in [2.45, 2.75) is 33.8 Å². The van der Waals surface area contributed by atoms with Gasteiger partial charge >= 0.3 is 6.09 Å². The minimum absolute atomic E-state index is 0.122. The molecule has 1 saturated heterocycles. The van der Waals surface area contributed by atoms with Gasteiger partial charge in [0.25, 0.3) is 0 Å². The van der Waals surface area contributed by atoms with Crippen molar-refractivity contribution in [1.29, 1.82) is 0 Å². The Morgan fingerprint density at radius 1 is 1.22 bits per heavy atom. The van der Waals surface area contributed by atoms with Crippen LogP contribution in [0.1, 0.15) is 27.7 Å². The van der Waals surface area contributed by atoms with Gasteiger partial charge in [-0.05, 0) is 31.9 Å². The van der Waals surface area contributed by atoms with Crippen molar-refractivity contribution >= 4 is 17.5 Å². The van der Waals surface area contributed by atoms with Gasteiger partial charge in [-0.3, -0.25) is 4.90 Å². The first-order valence-electron chi connectivity index (χ1n) is 8.52. The van der Waals surface area contributed by atoms with Crippen LogP contribution in [-0.4, -0.2) is 44.9 Å². The van der Waals surface area contributed by atoms with E-state index in [1.54, 1.807) is 4.90 Å². The van der Waals surface area contributed by atoms with Gasteiger partial charge in [0.05, 0.1) is 17.5 Å². The number of hydrogen-bond acceptors (Lipinski definition) is 4. The molecule has 5 nitrogen and oxygen atoms in total. The fraction of sp³-hybridized carbons (Fsp3) is 0.611. The van der Waals surface area contributed by atoms with E-state index in [-0.39, 0.29) is 12.2 Å². The number of para-hydroxylation sites is 2. The number of carbonyl (C=O) groups is 1. The molecule has 0 aliphatic carbocycles. The number of rotatable bonds is 5. The van der Waals surface area contributed by atoms with E-state index < -0.39 is 0 Å². The monoisotopic (exact) mass is 319 g/mol. The Hall–Kier alpha value is -1.75. The molecule has 1 amide bonds. The SMILES string of the molecule is CC(C)CN(C(=O)OC(C)C)c1ccccc1N1CCNCC1. The van der Waals surface area contributed by atoms with Crippen molar-refractivity contribution in [2.75, 3.05) is 42.5 Å². The molecule has 23 heavy (non-hydrogen) atoms. The van der Waals surface area contributed by atoms with E-state index in [9.17, 15) is 4.79 Å². The van der Waals surface area contributed by atoms with Crippen molar-refractivity contribution in [1.82, 2.24) is 5.32 Å². The second-order valence-electron chi connectivity index (χ2n) is 6.66. The van der Waals surface area contributed by atoms with Gasteiger partial charge in [0, 0.05) is 32.7 Å². The van der Waals surface area contributed by atoms with E-state index in [1.807, 2.05) is 32.0 Å². The molecule has 1 aliphatic heterocycles. The fourth-order valence-corrected chi connectivity index (χ4v) is 2.77. The third-order valence-corrected chi connectivity index (χ3v) is 3.73. The van der Waals surface area contributed by atoms with Crippen LogP contribution < -0.4 is 15.1 Å². The number of piperazine rings is 1. The van der Waals surface area contributed by atoms with Crippen molar-refractivity contribution in [2.24, 2.45) is 5.92 Å². The minimum atomic E-state index is -0.267. The molecule has 2 rings (SSSR count). The first-order chi connectivity index (χ1) is 11.0. The van der Waals surface area contributed by atoms with Gasteiger partial charge in [0.15, 0.2) is 0 Å². The highest BCUT2D eigenvalue weighted by atomic mass is 16.6. The summed E-state index contributed by atoms with van der Waals surface area (Å²) in [4.78, 5) is 16.7. The lowest BCUT2D eigenvalue weighted by molar-refractivity contribution is 0.122. The minimum Gasteiger partial charge on any atom is -0.446 e. The van der Waals surface area contributed by atoms with Crippen molar-refractivity contribution in [3.63, 3.8) is 0 Å². The molecule has 0 spiro atoms. The smallest absolute Gasteiger partial charge is 0.414 e. The van der Waals surface area contributed by atoms with Gasteiger partial charge in [0.1, 0.15) is 0 Å². The Morgan fingerprint density at radius 3 is 2.48 bits per heavy atom. The van der Waals surface area contributed by atoms with Crippen molar-refractivity contribution in [3.8, 4) is 0 Å². The second-order valence-corrected chi connectivity index (χ2v) is 6.66. The molecule has 0 radical (unpaired) electrons. The van der Waals surface area contributed by atoms with E-state index in [2.05, 4.69) is 30.1 Å². The maximum absolute atomic E-state index is 12.6. The molecule has 128 valence electrons. The zero-order valence-electron chi connectivity index (χ0n) is 14.7. The Bertz CT molecular complexity index is 511. The highest BCUT2D eigenvalue weighted by molar-refractivity contribution is 5.92. The summed E-state index contributed by atoms with van der Waals surface area (Å²) >= 11 is 0. The first kappa shape index (κ1) is 17.6. The molecule has 0 aromatic heterocycles. The van der Waals surface area contributed by atoms with E-state index in [0.29, 0.717) is 12.5 Å². The molecule has 1 heterocycles. The molecular formula is C18H29N3O2. The fourth-order valence-electron chi connectivity index (χ4n) is 2.77. The zero-order chi connectivity index (χ0) is 16.8. The highest BCUT2D eigenvalue weighted by Gasteiger charge is 2.24. The number of amides is 1. The third kappa shape index (κ3) is 4.86. The number of ether oxygens (including phenoxy) is 1. The molecule has 0 unspecified atom stereocenters. The molecule has 1 N–H and O–H groups in total. The molecule has 0 saturated carbocycles. The van der Waals surface area contributed by atoms with Gasteiger partial charge in [-0.15, -0.1) is 0 Å². The normalized spacial score (nSPS) is 15.1. The molecule has 1 aromatic rings. The van der Waals surface area contributed by atoms with E-state index in [4.69, 9.17) is 4.74 Å². The van der Waals surface area contributed by atoms with Gasteiger partial charge in [-0.2, -0.15) is 0 Å². The Kier molecular flexibility index (Phi) is 6.28. The number of hydrogen-bond donors (Lipinski definition) is 1. The number of nitrogens with one attached hydrogen (secondary N) is 1. The molecule has 5 heteroatoms. The van der Waals surface area contributed by atoms with Crippen LogP contribution in [0.2, 0.25) is 0 Å². The maximum Gasteiger partial charge on any atom is 0.414 e. The average molecular weight is 319 g/mol. The number of nitrogens with zero attached hydrogens (tertiary/aromatic N) is 2. The summed E-state index contributed by atoms with van der Waals surface area (Å²) in [6.45, 7) is 12.5. The van der Waals surface area contributed by atoms with E-state index in [1.165, 1.54) is 0 Å². The number of benzene rings is 1. The predicted octanol–water partition coefficient (Wildman–Crippen LogP) is 3.10. The summed E-state index contributed by atoms with van der Waals surface area (Å²) in [5, 5.41) is 3.37. The summed E-state index contributed by atoms with van der Waals surface area (Å²) < 4.78 is 5.47. The van der Waals surface area contributed by atoms with Crippen LogP contribution in [0.25, 0.3) is 0 Å². The van der Waals surface area contributed by atoms with Gasteiger partial charge < -0.3 is 15.0 Å². The summed E-state index contributed by atoms with van der Waals surface area (Å²) in [5.74, 6) is 0.366. The predicted molar refractivity (Wildman–Crippen MR) is 95.3 cm³/mol. The lowest BCUT2D eigenvalue weighted by Crippen LogP contribution is -2.45. The van der Waals surface area contributed by atoms with Crippen LogP contribution in [0.3, 0.4) is 0 Å². The highest BCUT2D eigenvalue weighted by Crippen LogP contribution is 2.30. The van der Waals surface area contributed by atoms with Crippen molar-refractivity contribution < 1.29 is 9.53 Å². The lowest BCUT2D eigenvalue weighted by Gasteiger charge is -2.34. The second kappa shape index (κ2) is 8.20. The maximum atomic E-state index is 12.6.